The maximum atomic E-state index is 12.2. The second-order valence-corrected chi connectivity index (χ2v) is 4.40. The SMILES string of the molecule is Cl.O=C(c1cnn2c1CNCC2)N1CCCC1. The van der Waals surface area contributed by atoms with Gasteiger partial charge in [-0.1, -0.05) is 0 Å². The molecule has 1 fully saturated rings. The zero-order valence-electron chi connectivity index (χ0n) is 9.69. The molecule has 1 saturated heterocycles. The summed E-state index contributed by atoms with van der Waals surface area (Å²) in [4.78, 5) is 14.2. The second kappa shape index (κ2) is 5.06. The molecule has 0 radical (unpaired) electrons. The van der Waals surface area contributed by atoms with Gasteiger partial charge in [-0.2, -0.15) is 5.10 Å². The highest BCUT2D eigenvalue weighted by Crippen LogP contribution is 2.17. The molecule has 1 amide bonds. The molecular weight excluding hydrogens is 240 g/mol. The van der Waals surface area contributed by atoms with E-state index in [1.165, 1.54) is 0 Å². The third kappa shape index (κ3) is 2.17. The number of fused-ring (bicyclic) bond motifs is 1. The molecule has 2 aliphatic heterocycles. The minimum atomic E-state index is 0. The second-order valence-electron chi connectivity index (χ2n) is 4.40. The van der Waals surface area contributed by atoms with Gasteiger partial charge in [-0.3, -0.25) is 9.48 Å². The molecule has 0 unspecified atom stereocenters. The zero-order valence-corrected chi connectivity index (χ0v) is 10.5. The van der Waals surface area contributed by atoms with Crippen LogP contribution in [0.2, 0.25) is 0 Å². The van der Waals surface area contributed by atoms with E-state index in [9.17, 15) is 4.79 Å². The van der Waals surface area contributed by atoms with Crippen LogP contribution < -0.4 is 5.32 Å². The van der Waals surface area contributed by atoms with Crippen molar-refractivity contribution < 1.29 is 4.79 Å². The molecule has 17 heavy (non-hydrogen) atoms. The average molecular weight is 257 g/mol. The molecule has 1 aromatic rings. The molecule has 3 heterocycles. The van der Waals surface area contributed by atoms with Crippen molar-refractivity contribution in [3.05, 3.63) is 17.5 Å². The number of carbonyl (C=O) groups excluding carboxylic acids is 1. The number of nitrogens with one attached hydrogen (secondary N) is 1. The quantitative estimate of drug-likeness (QED) is 0.803. The number of nitrogens with zero attached hydrogens (tertiary/aromatic N) is 3. The highest BCUT2D eigenvalue weighted by atomic mass is 35.5. The van der Waals surface area contributed by atoms with Gasteiger partial charge < -0.3 is 10.2 Å². The van der Waals surface area contributed by atoms with E-state index in [-0.39, 0.29) is 18.3 Å². The first-order chi connectivity index (χ1) is 7.86. The minimum absolute atomic E-state index is 0. The molecule has 3 rings (SSSR count). The van der Waals surface area contributed by atoms with Gasteiger partial charge in [-0.05, 0) is 12.8 Å². The van der Waals surface area contributed by atoms with Crippen LogP contribution in [0.3, 0.4) is 0 Å². The highest BCUT2D eigenvalue weighted by Gasteiger charge is 2.25. The van der Waals surface area contributed by atoms with Crippen molar-refractivity contribution >= 4 is 18.3 Å². The molecule has 1 N–H and O–H groups in total. The van der Waals surface area contributed by atoms with Gasteiger partial charge in [0, 0.05) is 26.2 Å². The van der Waals surface area contributed by atoms with Crippen molar-refractivity contribution in [3.63, 3.8) is 0 Å². The fraction of sp³-hybridized carbons (Fsp3) is 0.636. The summed E-state index contributed by atoms with van der Waals surface area (Å²) in [6.45, 7) is 4.36. The first kappa shape index (κ1) is 12.4. The summed E-state index contributed by atoms with van der Waals surface area (Å²) in [5.41, 5.74) is 1.83. The number of carbonyl (C=O) groups is 1. The molecular formula is C11H17ClN4O. The van der Waals surface area contributed by atoms with Crippen molar-refractivity contribution in [1.29, 1.82) is 0 Å². The Balaban J connectivity index is 0.00000108. The van der Waals surface area contributed by atoms with E-state index in [1.807, 2.05) is 9.58 Å². The molecule has 94 valence electrons. The largest absolute Gasteiger partial charge is 0.339 e. The van der Waals surface area contributed by atoms with Crippen LogP contribution in [0.1, 0.15) is 28.9 Å². The number of halogens is 1. The summed E-state index contributed by atoms with van der Waals surface area (Å²) < 4.78 is 1.94. The Bertz CT molecular complexity index is 412. The Kier molecular flexibility index (Phi) is 3.69. The van der Waals surface area contributed by atoms with Crippen molar-refractivity contribution in [3.8, 4) is 0 Å². The van der Waals surface area contributed by atoms with Gasteiger partial charge in [0.2, 0.25) is 0 Å². The number of aromatic nitrogens is 2. The van der Waals surface area contributed by atoms with E-state index < -0.39 is 0 Å². The lowest BCUT2D eigenvalue weighted by Gasteiger charge is -2.18. The van der Waals surface area contributed by atoms with E-state index in [1.54, 1.807) is 6.20 Å². The van der Waals surface area contributed by atoms with Gasteiger partial charge in [0.15, 0.2) is 0 Å². The lowest BCUT2D eigenvalue weighted by molar-refractivity contribution is 0.0791. The van der Waals surface area contributed by atoms with Gasteiger partial charge in [0.25, 0.3) is 5.91 Å². The fourth-order valence-corrected chi connectivity index (χ4v) is 2.45. The lowest BCUT2D eigenvalue weighted by atomic mass is 10.2. The van der Waals surface area contributed by atoms with E-state index in [4.69, 9.17) is 0 Å². The number of hydrogen-bond donors (Lipinski definition) is 1. The first-order valence-corrected chi connectivity index (χ1v) is 5.91. The van der Waals surface area contributed by atoms with Crippen LogP contribution in [0.25, 0.3) is 0 Å². The molecule has 0 aliphatic carbocycles. The molecule has 2 aliphatic rings. The molecule has 6 heteroatoms. The topological polar surface area (TPSA) is 50.2 Å². The van der Waals surface area contributed by atoms with Crippen LogP contribution >= 0.6 is 12.4 Å². The summed E-state index contributed by atoms with van der Waals surface area (Å²) in [6.07, 6.45) is 3.99. The standard InChI is InChI=1S/C11H16N4O.ClH/c16-11(14-4-1-2-5-14)9-7-13-15-6-3-12-8-10(9)15;/h7,12H,1-6,8H2;1H. The van der Waals surface area contributed by atoms with Gasteiger partial charge in [-0.25, -0.2) is 0 Å². The summed E-state index contributed by atoms with van der Waals surface area (Å²) in [5, 5.41) is 7.56. The molecule has 0 saturated carbocycles. The monoisotopic (exact) mass is 256 g/mol. The maximum absolute atomic E-state index is 12.2. The lowest BCUT2D eigenvalue weighted by Crippen LogP contribution is -2.32. The Hall–Kier alpha value is -1.07. The van der Waals surface area contributed by atoms with Crippen LogP contribution in [0.15, 0.2) is 6.20 Å². The van der Waals surface area contributed by atoms with Crippen LogP contribution in [0.5, 0.6) is 0 Å². The van der Waals surface area contributed by atoms with Crippen molar-refractivity contribution in [1.82, 2.24) is 20.0 Å². The van der Waals surface area contributed by atoms with Crippen molar-refractivity contribution in [2.24, 2.45) is 0 Å². The van der Waals surface area contributed by atoms with E-state index in [2.05, 4.69) is 10.4 Å². The van der Waals surface area contributed by atoms with E-state index in [0.717, 1.165) is 56.8 Å². The summed E-state index contributed by atoms with van der Waals surface area (Å²) >= 11 is 0. The Morgan fingerprint density at radius 2 is 2.06 bits per heavy atom. The summed E-state index contributed by atoms with van der Waals surface area (Å²) in [5.74, 6) is 0.155. The van der Waals surface area contributed by atoms with Gasteiger partial charge in [0.05, 0.1) is 24.0 Å². The number of amides is 1. The zero-order chi connectivity index (χ0) is 11.0. The van der Waals surface area contributed by atoms with Gasteiger partial charge >= 0.3 is 0 Å². The van der Waals surface area contributed by atoms with Crippen LogP contribution in [-0.4, -0.2) is 40.2 Å². The fourth-order valence-electron chi connectivity index (χ4n) is 2.45. The summed E-state index contributed by atoms with van der Waals surface area (Å²) in [7, 11) is 0. The number of rotatable bonds is 1. The van der Waals surface area contributed by atoms with E-state index in [0.29, 0.717) is 0 Å². The van der Waals surface area contributed by atoms with Crippen LogP contribution in [0, 0.1) is 0 Å². The third-order valence-electron chi connectivity index (χ3n) is 3.37. The highest BCUT2D eigenvalue weighted by molar-refractivity contribution is 5.95. The Morgan fingerprint density at radius 1 is 1.29 bits per heavy atom. The average Bonchev–Trinajstić information content (AvgIpc) is 2.98. The van der Waals surface area contributed by atoms with Crippen LogP contribution in [0.4, 0.5) is 0 Å². The normalized spacial score (nSPS) is 18.7. The van der Waals surface area contributed by atoms with Crippen LogP contribution in [-0.2, 0) is 13.1 Å². The van der Waals surface area contributed by atoms with E-state index >= 15 is 0 Å². The van der Waals surface area contributed by atoms with Crippen molar-refractivity contribution in [2.75, 3.05) is 19.6 Å². The molecule has 0 bridgehead atoms. The van der Waals surface area contributed by atoms with Gasteiger partial charge in [0.1, 0.15) is 0 Å². The molecule has 0 spiro atoms. The summed E-state index contributed by atoms with van der Waals surface area (Å²) in [6, 6.07) is 0. The molecule has 1 aromatic heterocycles. The molecule has 0 atom stereocenters. The minimum Gasteiger partial charge on any atom is -0.339 e. The smallest absolute Gasteiger partial charge is 0.257 e. The first-order valence-electron chi connectivity index (χ1n) is 5.91. The molecule has 0 aromatic carbocycles. The number of hydrogen-bond acceptors (Lipinski definition) is 3. The Morgan fingerprint density at radius 3 is 2.82 bits per heavy atom. The van der Waals surface area contributed by atoms with Gasteiger partial charge in [-0.15, -0.1) is 12.4 Å². The predicted molar refractivity (Wildman–Crippen MR) is 66.3 cm³/mol. The third-order valence-corrected chi connectivity index (χ3v) is 3.37. The number of likely N-dealkylation sites (tertiary alicyclic amines) is 1. The predicted octanol–water partition coefficient (Wildman–Crippen LogP) is 0.644. The Labute approximate surface area is 107 Å². The maximum Gasteiger partial charge on any atom is 0.257 e. The molecule has 5 nitrogen and oxygen atoms in total. The van der Waals surface area contributed by atoms with Crippen molar-refractivity contribution in [2.45, 2.75) is 25.9 Å².